The maximum Gasteiger partial charge on any atom is 0.401 e. The summed E-state index contributed by atoms with van der Waals surface area (Å²) >= 11 is 0. The molecule has 0 N–H and O–H groups in total. The highest BCUT2D eigenvalue weighted by Crippen LogP contribution is 2.39. The smallest absolute Gasteiger partial charge is 0.401 e. The third-order valence-electron chi connectivity index (χ3n) is 6.80. The van der Waals surface area contributed by atoms with E-state index >= 15 is 4.39 Å². The van der Waals surface area contributed by atoms with E-state index in [1.807, 2.05) is 11.5 Å². The number of benzene rings is 1. The van der Waals surface area contributed by atoms with Crippen molar-refractivity contribution in [1.82, 2.24) is 39.2 Å². The highest BCUT2D eigenvalue weighted by molar-refractivity contribution is 5.91. The monoisotopic (exact) mass is 526 g/mol. The Morgan fingerprint density at radius 1 is 1.03 bits per heavy atom. The molecule has 1 saturated heterocycles. The van der Waals surface area contributed by atoms with Gasteiger partial charge in [-0.2, -0.15) is 18.3 Å². The van der Waals surface area contributed by atoms with E-state index in [2.05, 4.69) is 25.4 Å². The van der Waals surface area contributed by atoms with Gasteiger partial charge < -0.3 is 9.30 Å². The van der Waals surface area contributed by atoms with E-state index in [0.717, 1.165) is 0 Å². The molecular formula is C25H22F4N8O. The van der Waals surface area contributed by atoms with Crippen LogP contribution in [0.1, 0.15) is 18.7 Å². The maximum absolute atomic E-state index is 15.2. The fraction of sp³-hybridized carbons (Fsp3) is 0.320. The quantitative estimate of drug-likeness (QED) is 0.305. The molecule has 0 bridgehead atoms. The molecular weight excluding hydrogens is 504 g/mol. The molecule has 0 spiro atoms. The lowest BCUT2D eigenvalue weighted by atomic mass is 9.98. The van der Waals surface area contributed by atoms with Crippen molar-refractivity contribution in [1.29, 1.82) is 0 Å². The molecule has 1 aliphatic heterocycles. The Labute approximate surface area is 213 Å². The Balaban J connectivity index is 1.38. The largest absolute Gasteiger partial charge is 0.492 e. The first-order chi connectivity index (χ1) is 18.3. The van der Waals surface area contributed by atoms with Crippen molar-refractivity contribution in [2.24, 2.45) is 0 Å². The van der Waals surface area contributed by atoms with E-state index in [9.17, 15) is 13.2 Å². The second-order valence-electron chi connectivity index (χ2n) is 9.18. The number of fused-ring (bicyclic) bond motifs is 2. The highest BCUT2D eigenvalue weighted by Gasteiger charge is 2.39. The molecule has 0 radical (unpaired) electrons. The van der Waals surface area contributed by atoms with E-state index < -0.39 is 18.5 Å². The van der Waals surface area contributed by atoms with Crippen LogP contribution in [0.5, 0.6) is 5.75 Å². The molecule has 0 atom stereocenters. The van der Waals surface area contributed by atoms with Gasteiger partial charge >= 0.3 is 6.18 Å². The molecule has 1 aliphatic rings. The summed E-state index contributed by atoms with van der Waals surface area (Å²) < 4.78 is 62.5. The molecule has 38 heavy (non-hydrogen) atoms. The number of methoxy groups -OCH3 is 1. The zero-order valence-corrected chi connectivity index (χ0v) is 20.4. The zero-order chi connectivity index (χ0) is 26.6. The molecule has 6 rings (SSSR count). The van der Waals surface area contributed by atoms with Gasteiger partial charge in [-0.25, -0.2) is 9.37 Å². The van der Waals surface area contributed by atoms with Crippen LogP contribution in [0.4, 0.5) is 17.6 Å². The second kappa shape index (κ2) is 9.01. The molecule has 1 aromatic carbocycles. The molecule has 4 aromatic heterocycles. The predicted molar refractivity (Wildman–Crippen MR) is 130 cm³/mol. The second-order valence-corrected chi connectivity index (χ2v) is 9.18. The molecule has 5 heterocycles. The number of aryl methyl sites for hydroxylation is 1. The van der Waals surface area contributed by atoms with Gasteiger partial charge in [-0.05, 0) is 30.7 Å². The minimum Gasteiger partial charge on any atom is -0.492 e. The van der Waals surface area contributed by atoms with Crippen molar-refractivity contribution in [3.05, 3.63) is 54.6 Å². The Hall–Kier alpha value is -4.13. The van der Waals surface area contributed by atoms with Crippen molar-refractivity contribution in [2.45, 2.75) is 25.6 Å². The third kappa shape index (κ3) is 4.02. The van der Waals surface area contributed by atoms with Crippen LogP contribution in [-0.4, -0.2) is 72.2 Å². The first kappa shape index (κ1) is 24.2. The number of imidazole rings is 1. The Bertz CT molecular complexity index is 1660. The molecule has 1 fully saturated rings. The van der Waals surface area contributed by atoms with Gasteiger partial charge in [0.05, 0.1) is 26.2 Å². The van der Waals surface area contributed by atoms with Crippen molar-refractivity contribution in [2.75, 3.05) is 26.7 Å². The molecule has 9 nitrogen and oxygen atoms in total. The Morgan fingerprint density at radius 2 is 1.84 bits per heavy atom. The Kier molecular flexibility index (Phi) is 5.74. The van der Waals surface area contributed by atoms with Gasteiger partial charge in [0.15, 0.2) is 11.4 Å². The van der Waals surface area contributed by atoms with Crippen molar-refractivity contribution < 1.29 is 22.3 Å². The van der Waals surface area contributed by atoms with E-state index in [1.54, 1.807) is 41.3 Å². The minimum absolute atomic E-state index is 0.201. The lowest BCUT2D eigenvalue weighted by molar-refractivity contribution is -0.155. The minimum atomic E-state index is -4.25. The average Bonchev–Trinajstić information content (AvgIpc) is 3.49. The standard InChI is InChI=1S/C25H22F4N8O/c1-3-36-13-30-20-18(9-31-32-23(20)36)14-4-5-19(26)17(8-14)16-6-7-37-22(33-34-24(37)21(16)38-2)15-10-35(11-15)12-25(27,28)29/h4-9,13,15H,3,10-12H2,1-2H3. The van der Waals surface area contributed by atoms with E-state index in [1.165, 1.54) is 18.1 Å². The Morgan fingerprint density at radius 3 is 2.58 bits per heavy atom. The summed E-state index contributed by atoms with van der Waals surface area (Å²) in [6, 6.07) is 6.42. The van der Waals surface area contributed by atoms with E-state index in [4.69, 9.17) is 4.74 Å². The van der Waals surface area contributed by atoms with Crippen LogP contribution in [0.25, 0.3) is 39.1 Å². The van der Waals surface area contributed by atoms with Gasteiger partial charge in [0.2, 0.25) is 5.65 Å². The van der Waals surface area contributed by atoms with Crippen LogP contribution < -0.4 is 4.74 Å². The fourth-order valence-electron chi connectivity index (χ4n) is 4.97. The number of hydrogen-bond acceptors (Lipinski definition) is 7. The molecule has 0 amide bonds. The average molecular weight is 526 g/mol. The lowest BCUT2D eigenvalue weighted by Gasteiger charge is -2.38. The molecule has 0 saturated carbocycles. The van der Waals surface area contributed by atoms with Gasteiger partial charge in [-0.3, -0.25) is 9.30 Å². The maximum atomic E-state index is 15.2. The first-order valence-electron chi connectivity index (χ1n) is 11.9. The van der Waals surface area contributed by atoms with Gasteiger partial charge in [0.1, 0.15) is 17.2 Å². The summed E-state index contributed by atoms with van der Waals surface area (Å²) in [6.07, 6.45) is 0.731. The SMILES string of the molecule is CCn1cnc2c(-c3ccc(F)c(-c4ccn5c(C6CN(CC(F)(F)F)C6)nnc5c4OC)c3)cnnc21. The van der Waals surface area contributed by atoms with E-state index in [-0.39, 0.29) is 24.6 Å². The summed E-state index contributed by atoms with van der Waals surface area (Å²) in [6.45, 7) is 2.16. The van der Waals surface area contributed by atoms with Gasteiger partial charge in [0.25, 0.3) is 0 Å². The normalized spacial score (nSPS) is 14.9. The van der Waals surface area contributed by atoms with Crippen LogP contribution >= 0.6 is 0 Å². The molecule has 0 aliphatic carbocycles. The van der Waals surface area contributed by atoms with Gasteiger partial charge in [-0.1, -0.05) is 6.07 Å². The van der Waals surface area contributed by atoms with Crippen molar-refractivity contribution in [3.8, 4) is 28.0 Å². The summed E-state index contributed by atoms with van der Waals surface area (Å²) in [4.78, 5) is 5.79. The molecule has 5 aromatic rings. The summed E-state index contributed by atoms with van der Waals surface area (Å²) in [5, 5.41) is 16.8. The lowest BCUT2D eigenvalue weighted by Crippen LogP contribution is -2.49. The van der Waals surface area contributed by atoms with Crippen LogP contribution in [0.2, 0.25) is 0 Å². The number of aromatic nitrogens is 7. The van der Waals surface area contributed by atoms with Crippen LogP contribution in [-0.2, 0) is 6.54 Å². The number of ether oxygens (including phenoxy) is 1. The zero-order valence-electron chi connectivity index (χ0n) is 20.4. The topological polar surface area (TPSA) is 86.3 Å². The van der Waals surface area contributed by atoms with Crippen molar-refractivity contribution >= 4 is 16.8 Å². The fourth-order valence-corrected chi connectivity index (χ4v) is 4.97. The number of nitrogens with zero attached hydrogens (tertiary/aromatic N) is 8. The number of pyridine rings is 1. The van der Waals surface area contributed by atoms with Crippen molar-refractivity contribution in [3.63, 3.8) is 0 Å². The molecule has 13 heteroatoms. The summed E-state index contributed by atoms with van der Waals surface area (Å²) in [5.41, 5.74) is 3.80. The van der Waals surface area contributed by atoms with Crippen LogP contribution in [0.15, 0.2) is 43.0 Å². The predicted octanol–water partition coefficient (Wildman–Crippen LogP) is 4.33. The molecule has 0 unspecified atom stereocenters. The van der Waals surface area contributed by atoms with Crippen LogP contribution in [0.3, 0.4) is 0 Å². The summed E-state index contributed by atoms with van der Waals surface area (Å²) in [5.74, 6) is 0.180. The number of rotatable bonds is 6. The molecule has 196 valence electrons. The third-order valence-corrected chi connectivity index (χ3v) is 6.80. The number of alkyl halides is 3. The number of halogens is 4. The van der Waals surface area contributed by atoms with Crippen LogP contribution in [0, 0.1) is 5.82 Å². The first-order valence-corrected chi connectivity index (χ1v) is 11.9. The van der Waals surface area contributed by atoms with Gasteiger partial charge in [-0.15, -0.1) is 15.3 Å². The van der Waals surface area contributed by atoms with Gasteiger partial charge in [0, 0.05) is 48.4 Å². The van der Waals surface area contributed by atoms with E-state index in [0.29, 0.717) is 51.6 Å². The number of likely N-dealkylation sites (tertiary alicyclic amines) is 1. The highest BCUT2D eigenvalue weighted by atomic mass is 19.4. The number of hydrogen-bond donors (Lipinski definition) is 0. The summed E-state index contributed by atoms with van der Waals surface area (Å²) in [7, 11) is 1.46.